The van der Waals surface area contributed by atoms with Crippen molar-refractivity contribution in [3.05, 3.63) is 30.1 Å². The Morgan fingerprint density at radius 1 is 0.921 bits per heavy atom. The van der Waals surface area contributed by atoms with Gasteiger partial charge in [-0.15, -0.1) is 0 Å². The zero-order valence-electron chi connectivity index (χ0n) is 24.3. The van der Waals surface area contributed by atoms with Gasteiger partial charge in [0, 0.05) is 19.1 Å². The van der Waals surface area contributed by atoms with E-state index in [-0.39, 0.29) is 31.5 Å². The van der Waals surface area contributed by atoms with Crippen LogP contribution in [0, 0.1) is 0 Å². The lowest BCUT2D eigenvalue weighted by Crippen LogP contribution is -2.42. The fraction of sp³-hybridized carbons (Fsp3) is 0.774. The molecular weight excluding hydrogens is 480 g/mol. The van der Waals surface area contributed by atoms with Gasteiger partial charge < -0.3 is 14.2 Å². The minimum Gasteiger partial charge on any atom is -0.446 e. The van der Waals surface area contributed by atoms with Crippen molar-refractivity contribution < 1.29 is 28.4 Å². The van der Waals surface area contributed by atoms with E-state index < -0.39 is 6.09 Å². The molecule has 216 valence electrons. The second-order valence-electron chi connectivity index (χ2n) is 10.7. The van der Waals surface area contributed by atoms with Crippen LogP contribution in [0.25, 0.3) is 0 Å². The highest BCUT2D eigenvalue weighted by molar-refractivity contribution is 5.90. The summed E-state index contributed by atoms with van der Waals surface area (Å²) in [6.07, 6.45) is 21.8. The number of aryl methyl sites for hydroxylation is 1. The Morgan fingerprint density at radius 3 is 2.05 bits per heavy atom. The number of carbonyl (C=O) groups excluding carboxylic acids is 2. The Hall–Kier alpha value is -1.99. The number of rotatable bonds is 20. The van der Waals surface area contributed by atoms with Crippen molar-refractivity contribution in [2.45, 2.75) is 136 Å². The highest BCUT2D eigenvalue weighted by Gasteiger charge is 2.29. The zero-order valence-corrected chi connectivity index (χ0v) is 24.3. The number of unbranched alkanes of at least 4 members (excludes halogenated alkanes) is 14. The van der Waals surface area contributed by atoms with Crippen molar-refractivity contribution in [1.82, 2.24) is 4.90 Å². The number of nitrogens with zero attached hydrogens (tertiary/aromatic N) is 2. The number of aromatic nitrogens is 1. The average Bonchev–Trinajstić information content (AvgIpc) is 3.36. The van der Waals surface area contributed by atoms with Crippen LogP contribution in [0.5, 0.6) is 0 Å². The summed E-state index contributed by atoms with van der Waals surface area (Å²) in [5.74, 6) is -0.353. The molecule has 0 aliphatic carbocycles. The summed E-state index contributed by atoms with van der Waals surface area (Å²) >= 11 is 0. The molecule has 2 amide bonds. The standard InChI is InChI=1S/C31H53N2O5/c1-4-5-6-7-8-9-10-11-12-13-14-15-16-17-18-22-30-36-25-29(38-30)26-37-31(35)33(27(2)34)24-28-21-19-20-23-32(28)3/h19-21,23,29-30H,4-18,22,24-26H2,1-3H3/q+1. The van der Waals surface area contributed by atoms with Crippen LogP contribution in [0.1, 0.15) is 122 Å². The third-order valence-corrected chi connectivity index (χ3v) is 7.33. The first kappa shape index (κ1) is 32.2. The van der Waals surface area contributed by atoms with E-state index in [1.807, 2.05) is 36.0 Å². The SMILES string of the molecule is CCCCCCCCCCCCCCCCCC1OCC(COC(=O)N(Cc2cccc[n+]2C)C(C)=O)O1. The predicted octanol–water partition coefficient (Wildman–Crippen LogP) is 7.00. The normalized spacial score (nSPS) is 17.0. The highest BCUT2D eigenvalue weighted by atomic mass is 16.7. The Morgan fingerprint density at radius 2 is 1.50 bits per heavy atom. The van der Waals surface area contributed by atoms with E-state index in [2.05, 4.69) is 6.92 Å². The van der Waals surface area contributed by atoms with Gasteiger partial charge in [0.25, 0.3) is 0 Å². The fourth-order valence-electron chi connectivity index (χ4n) is 4.86. The lowest BCUT2D eigenvalue weighted by Gasteiger charge is -2.18. The van der Waals surface area contributed by atoms with Gasteiger partial charge >= 0.3 is 6.09 Å². The third kappa shape index (κ3) is 13.7. The molecule has 1 aromatic heterocycles. The first-order chi connectivity index (χ1) is 18.5. The summed E-state index contributed by atoms with van der Waals surface area (Å²) in [7, 11) is 1.88. The van der Waals surface area contributed by atoms with Gasteiger partial charge in [0.2, 0.25) is 11.6 Å². The van der Waals surface area contributed by atoms with Gasteiger partial charge in [0.1, 0.15) is 26.3 Å². The second-order valence-corrected chi connectivity index (χ2v) is 10.7. The van der Waals surface area contributed by atoms with E-state index >= 15 is 0 Å². The monoisotopic (exact) mass is 533 g/mol. The fourth-order valence-corrected chi connectivity index (χ4v) is 4.86. The van der Waals surface area contributed by atoms with E-state index in [9.17, 15) is 9.59 Å². The molecule has 0 bridgehead atoms. The summed E-state index contributed by atoms with van der Waals surface area (Å²) in [6.45, 7) is 4.29. The first-order valence-electron chi connectivity index (χ1n) is 15.2. The molecule has 0 aromatic carbocycles. The topological polar surface area (TPSA) is 69.0 Å². The average molecular weight is 534 g/mol. The summed E-state index contributed by atoms with van der Waals surface area (Å²) in [5, 5.41) is 0. The number of imide groups is 1. The van der Waals surface area contributed by atoms with Gasteiger partial charge in [0.05, 0.1) is 6.61 Å². The van der Waals surface area contributed by atoms with Crippen molar-refractivity contribution in [2.24, 2.45) is 7.05 Å². The number of pyridine rings is 1. The lowest BCUT2D eigenvalue weighted by atomic mass is 10.0. The number of ether oxygens (including phenoxy) is 3. The van der Waals surface area contributed by atoms with Crippen LogP contribution in [0.3, 0.4) is 0 Å². The molecule has 2 heterocycles. The Kier molecular flexibility index (Phi) is 17.0. The molecule has 1 aliphatic heterocycles. The van der Waals surface area contributed by atoms with Gasteiger partial charge in [-0.2, -0.15) is 0 Å². The maximum atomic E-state index is 12.5. The molecule has 2 unspecified atom stereocenters. The number of amides is 2. The Balaban J connectivity index is 1.46. The van der Waals surface area contributed by atoms with Crippen molar-refractivity contribution in [2.75, 3.05) is 13.2 Å². The van der Waals surface area contributed by atoms with E-state index in [1.165, 1.54) is 96.8 Å². The van der Waals surface area contributed by atoms with Crippen LogP contribution in [0.15, 0.2) is 24.4 Å². The first-order valence-corrected chi connectivity index (χ1v) is 15.2. The van der Waals surface area contributed by atoms with Gasteiger partial charge in [0.15, 0.2) is 12.5 Å². The molecule has 0 radical (unpaired) electrons. The maximum absolute atomic E-state index is 12.5. The van der Waals surface area contributed by atoms with Crippen LogP contribution >= 0.6 is 0 Å². The molecule has 38 heavy (non-hydrogen) atoms. The third-order valence-electron chi connectivity index (χ3n) is 7.33. The van der Waals surface area contributed by atoms with Crippen LogP contribution in [-0.2, 0) is 32.6 Å². The number of carbonyl (C=O) groups is 2. The Labute approximate surface area is 231 Å². The van der Waals surface area contributed by atoms with Crippen molar-refractivity contribution >= 4 is 12.0 Å². The predicted molar refractivity (Wildman–Crippen MR) is 149 cm³/mol. The minimum atomic E-state index is -0.657. The molecule has 1 aromatic rings. The molecule has 2 rings (SSSR count). The maximum Gasteiger partial charge on any atom is 0.417 e. The van der Waals surface area contributed by atoms with Crippen molar-refractivity contribution in [3.63, 3.8) is 0 Å². The van der Waals surface area contributed by atoms with Crippen LogP contribution in [0.2, 0.25) is 0 Å². The quantitative estimate of drug-likeness (QED) is 0.133. The molecular formula is C31H53N2O5+. The zero-order chi connectivity index (χ0) is 27.4. The van der Waals surface area contributed by atoms with Gasteiger partial charge in [-0.05, 0) is 12.8 Å². The van der Waals surface area contributed by atoms with E-state index in [4.69, 9.17) is 14.2 Å². The van der Waals surface area contributed by atoms with E-state index in [0.29, 0.717) is 6.61 Å². The lowest BCUT2D eigenvalue weighted by molar-refractivity contribution is -0.679. The molecule has 0 N–H and O–H groups in total. The van der Waals surface area contributed by atoms with Crippen molar-refractivity contribution in [1.29, 1.82) is 0 Å². The largest absolute Gasteiger partial charge is 0.446 e. The number of hydrogen-bond donors (Lipinski definition) is 0. The Bertz CT molecular complexity index is 787. The summed E-state index contributed by atoms with van der Waals surface area (Å²) in [6, 6.07) is 5.65. The molecule has 1 fully saturated rings. The van der Waals surface area contributed by atoms with Gasteiger partial charge in [-0.1, -0.05) is 103 Å². The molecule has 0 saturated carbocycles. The smallest absolute Gasteiger partial charge is 0.417 e. The summed E-state index contributed by atoms with van der Waals surface area (Å²) in [4.78, 5) is 25.7. The van der Waals surface area contributed by atoms with Gasteiger partial charge in [-0.25, -0.2) is 14.3 Å². The molecule has 1 saturated heterocycles. The number of hydrogen-bond acceptors (Lipinski definition) is 5. The van der Waals surface area contributed by atoms with E-state index in [0.717, 1.165) is 23.4 Å². The van der Waals surface area contributed by atoms with Crippen LogP contribution in [0.4, 0.5) is 4.79 Å². The molecule has 7 nitrogen and oxygen atoms in total. The molecule has 1 aliphatic rings. The van der Waals surface area contributed by atoms with Crippen LogP contribution in [-0.4, -0.2) is 42.5 Å². The van der Waals surface area contributed by atoms with E-state index in [1.54, 1.807) is 0 Å². The summed E-state index contributed by atoms with van der Waals surface area (Å²) < 4.78 is 18.9. The molecule has 7 heteroatoms. The van der Waals surface area contributed by atoms with Crippen LogP contribution < -0.4 is 4.57 Å². The molecule has 2 atom stereocenters. The van der Waals surface area contributed by atoms with Crippen molar-refractivity contribution in [3.8, 4) is 0 Å². The van der Waals surface area contributed by atoms with Gasteiger partial charge in [-0.3, -0.25) is 4.79 Å². The minimum absolute atomic E-state index is 0.0822. The molecule has 0 spiro atoms. The highest BCUT2D eigenvalue weighted by Crippen LogP contribution is 2.19. The second kappa shape index (κ2) is 20.0. The summed E-state index contributed by atoms with van der Waals surface area (Å²) in [5.41, 5.74) is 0.837.